The lowest BCUT2D eigenvalue weighted by molar-refractivity contribution is -0.151. The zero-order chi connectivity index (χ0) is 16.7. The molecule has 1 heterocycles. The Morgan fingerprint density at radius 3 is 2.96 bits per heavy atom. The summed E-state index contributed by atoms with van der Waals surface area (Å²) in [5, 5.41) is 0.724. The summed E-state index contributed by atoms with van der Waals surface area (Å²) in [6, 6.07) is 7.73. The highest BCUT2D eigenvalue weighted by Crippen LogP contribution is 2.19. The molecule has 0 aliphatic carbocycles. The average molecular weight is 338 g/mol. The van der Waals surface area contributed by atoms with E-state index in [4.69, 9.17) is 16.3 Å². The minimum Gasteiger partial charge on any atom is -0.466 e. The molecule has 1 saturated heterocycles. The van der Waals surface area contributed by atoms with Crippen molar-refractivity contribution in [3.05, 3.63) is 34.9 Å². The molecule has 0 spiro atoms. The summed E-state index contributed by atoms with van der Waals surface area (Å²) < 4.78 is 5.07. The zero-order valence-corrected chi connectivity index (χ0v) is 14.3. The summed E-state index contributed by atoms with van der Waals surface area (Å²) in [6.07, 6.45) is 3.80. The molecule has 1 unspecified atom stereocenters. The molecule has 1 aromatic carbocycles. The van der Waals surface area contributed by atoms with Crippen LogP contribution in [-0.4, -0.2) is 36.5 Å². The number of halogens is 1. The smallest absolute Gasteiger partial charge is 0.310 e. The highest BCUT2D eigenvalue weighted by molar-refractivity contribution is 6.30. The third kappa shape index (κ3) is 5.54. The predicted molar refractivity (Wildman–Crippen MR) is 90.3 cm³/mol. The molecule has 0 saturated carbocycles. The Labute approximate surface area is 142 Å². The largest absolute Gasteiger partial charge is 0.466 e. The van der Waals surface area contributed by atoms with Gasteiger partial charge in [-0.05, 0) is 50.3 Å². The first kappa shape index (κ1) is 17.8. The zero-order valence-electron chi connectivity index (χ0n) is 13.6. The highest BCUT2D eigenvalue weighted by Gasteiger charge is 2.28. The second-order valence-corrected chi connectivity index (χ2v) is 6.35. The number of aryl methyl sites for hydroxylation is 1. The van der Waals surface area contributed by atoms with E-state index in [1.807, 2.05) is 29.2 Å². The molecule has 1 amide bonds. The minimum atomic E-state index is -0.177. The number of hydrogen-bond donors (Lipinski definition) is 0. The van der Waals surface area contributed by atoms with Gasteiger partial charge in [0.25, 0.3) is 0 Å². The fourth-order valence-corrected chi connectivity index (χ4v) is 3.16. The Morgan fingerprint density at radius 2 is 2.22 bits per heavy atom. The van der Waals surface area contributed by atoms with Crippen LogP contribution in [0.2, 0.25) is 5.02 Å². The molecule has 126 valence electrons. The van der Waals surface area contributed by atoms with Crippen LogP contribution in [0, 0.1) is 5.92 Å². The number of hydrogen-bond acceptors (Lipinski definition) is 3. The lowest BCUT2D eigenvalue weighted by Gasteiger charge is -2.31. The van der Waals surface area contributed by atoms with E-state index in [1.165, 1.54) is 0 Å². The highest BCUT2D eigenvalue weighted by atomic mass is 35.5. The van der Waals surface area contributed by atoms with Gasteiger partial charge in [-0.2, -0.15) is 0 Å². The Bertz CT molecular complexity index is 547. The van der Waals surface area contributed by atoms with Crippen LogP contribution in [0.1, 0.15) is 38.2 Å². The minimum absolute atomic E-state index is 0.126. The first-order valence-electron chi connectivity index (χ1n) is 8.29. The van der Waals surface area contributed by atoms with Crippen molar-refractivity contribution < 1.29 is 14.3 Å². The van der Waals surface area contributed by atoms with Crippen LogP contribution in [0.3, 0.4) is 0 Å². The van der Waals surface area contributed by atoms with Crippen LogP contribution in [0.15, 0.2) is 24.3 Å². The molecule has 1 aliphatic rings. The fourth-order valence-electron chi connectivity index (χ4n) is 2.95. The van der Waals surface area contributed by atoms with Crippen molar-refractivity contribution in [3.63, 3.8) is 0 Å². The quantitative estimate of drug-likeness (QED) is 0.747. The molecular weight excluding hydrogens is 314 g/mol. The normalized spacial score (nSPS) is 17.8. The molecular formula is C18H24ClNO3. The Hall–Kier alpha value is -1.55. The summed E-state index contributed by atoms with van der Waals surface area (Å²) >= 11 is 5.96. The summed E-state index contributed by atoms with van der Waals surface area (Å²) in [4.78, 5) is 26.0. The van der Waals surface area contributed by atoms with E-state index < -0.39 is 0 Å². The van der Waals surface area contributed by atoms with Crippen molar-refractivity contribution in [1.29, 1.82) is 0 Å². The number of benzene rings is 1. The van der Waals surface area contributed by atoms with Gasteiger partial charge < -0.3 is 9.64 Å². The van der Waals surface area contributed by atoms with Crippen molar-refractivity contribution in [2.24, 2.45) is 5.92 Å². The molecule has 0 bridgehead atoms. The third-order valence-electron chi connectivity index (χ3n) is 4.14. The van der Waals surface area contributed by atoms with Crippen LogP contribution in [-0.2, 0) is 20.7 Å². The van der Waals surface area contributed by atoms with Crippen LogP contribution in [0.4, 0.5) is 0 Å². The van der Waals surface area contributed by atoms with Gasteiger partial charge in [0.15, 0.2) is 0 Å². The molecule has 1 aromatic rings. The van der Waals surface area contributed by atoms with Gasteiger partial charge in [0.05, 0.1) is 12.5 Å². The van der Waals surface area contributed by atoms with Crippen molar-refractivity contribution in [2.75, 3.05) is 19.7 Å². The van der Waals surface area contributed by atoms with Crippen LogP contribution < -0.4 is 0 Å². The van der Waals surface area contributed by atoms with E-state index >= 15 is 0 Å². The first-order valence-corrected chi connectivity index (χ1v) is 8.66. The number of rotatable bonds is 6. The standard InChI is InChI=1S/C18H24ClNO3/c1-2-23-18(22)15-8-5-11-20(13-15)17(21)10-4-7-14-6-3-9-16(19)12-14/h3,6,9,12,15H,2,4-5,7-8,10-11,13H2,1H3. The van der Waals surface area contributed by atoms with Gasteiger partial charge in [0.1, 0.15) is 0 Å². The SMILES string of the molecule is CCOC(=O)C1CCCN(C(=O)CCCc2cccc(Cl)c2)C1. The molecule has 5 heteroatoms. The summed E-state index contributed by atoms with van der Waals surface area (Å²) in [5.74, 6) is -0.217. The van der Waals surface area contributed by atoms with Gasteiger partial charge in [0.2, 0.25) is 5.91 Å². The van der Waals surface area contributed by atoms with Crippen LogP contribution >= 0.6 is 11.6 Å². The maximum absolute atomic E-state index is 12.3. The molecule has 2 rings (SSSR count). The molecule has 0 radical (unpaired) electrons. The van der Waals surface area contributed by atoms with E-state index in [1.54, 1.807) is 6.92 Å². The Kier molecular flexibility index (Phi) is 6.90. The van der Waals surface area contributed by atoms with Crippen LogP contribution in [0.25, 0.3) is 0 Å². The number of piperidine rings is 1. The fraction of sp³-hybridized carbons (Fsp3) is 0.556. The number of esters is 1. The summed E-state index contributed by atoms with van der Waals surface area (Å²) in [5.41, 5.74) is 1.15. The van der Waals surface area contributed by atoms with E-state index in [9.17, 15) is 9.59 Å². The second kappa shape index (κ2) is 8.92. The van der Waals surface area contributed by atoms with Gasteiger partial charge in [-0.25, -0.2) is 0 Å². The predicted octanol–water partition coefficient (Wildman–Crippen LogP) is 3.46. The number of carbonyl (C=O) groups is 2. The topological polar surface area (TPSA) is 46.6 Å². The second-order valence-electron chi connectivity index (χ2n) is 5.91. The number of ether oxygens (including phenoxy) is 1. The lowest BCUT2D eigenvalue weighted by atomic mass is 9.97. The maximum atomic E-state index is 12.3. The summed E-state index contributed by atoms with van der Waals surface area (Å²) in [7, 11) is 0. The molecule has 0 N–H and O–H groups in total. The lowest BCUT2D eigenvalue weighted by Crippen LogP contribution is -2.42. The van der Waals surface area contributed by atoms with E-state index in [0.29, 0.717) is 19.6 Å². The van der Waals surface area contributed by atoms with Gasteiger partial charge in [0, 0.05) is 24.5 Å². The number of amides is 1. The van der Waals surface area contributed by atoms with Crippen molar-refractivity contribution in [3.8, 4) is 0 Å². The molecule has 23 heavy (non-hydrogen) atoms. The number of nitrogens with zero attached hydrogens (tertiary/aromatic N) is 1. The van der Waals surface area contributed by atoms with E-state index in [0.717, 1.165) is 42.8 Å². The van der Waals surface area contributed by atoms with Gasteiger partial charge >= 0.3 is 5.97 Å². The van der Waals surface area contributed by atoms with Gasteiger partial charge in [-0.1, -0.05) is 23.7 Å². The van der Waals surface area contributed by atoms with Gasteiger partial charge in [-0.3, -0.25) is 9.59 Å². The number of likely N-dealkylation sites (tertiary alicyclic amines) is 1. The molecule has 4 nitrogen and oxygen atoms in total. The molecule has 0 aromatic heterocycles. The van der Waals surface area contributed by atoms with Crippen molar-refractivity contribution in [1.82, 2.24) is 4.90 Å². The Morgan fingerprint density at radius 1 is 1.39 bits per heavy atom. The van der Waals surface area contributed by atoms with E-state index in [2.05, 4.69) is 0 Å². The Balaban J connectivity index is 1.77. The third-order valence-corrected chi connectivity index (χ3v) is 4.37. The monoisotopic (exact) mass is 337 g/mol. The van der Waals surface area contributed by atoms with Crippen molar-refractivity contribution in [2.45, 2.75) is 39.0 Å². The summed E-state index contributed by atoms with van der Waals surface area (Å²) in [6.45, 7) is 3.43. The average Bonchev–Trinajstić information content (AvgIpc) is 2.55. The first-order chi connectivity index (χ1) is 11.1. The molecule has 1 fully saturated rings. The number of carbonyl (C=O) groups excluding carboxylic acids is 2. The molecule has 1 aliphatic heterocycles. The van der Waals surface area contributed by atoms with Crippen molar-refractivity contribution >= 4 is 23.5 Å². The molecule has 1 atom stereocenters. The maximum Gasteiger partial charge on any atom is 0.310 e. The van der Waals surface area contributed by atoms with Gasteiger partial charge in [-0.15, -0.1) is 0 Å². The van der Waals surface area contributed by atoms with E-state index in [-0.39, 0.29) is 17.8 Å². The van der Waals surface area contributed by atoms with Crippen LogP contribution in [0.5, 0.6) is 0 Å².